The molecule has 0 N–H and O–H groups in total. The van der Waals surface area contributed by atoms with E-state index in [2.05, 4.69) is 11.9 Å². The third-order valence-corrected chi connectivity index (χ3v) is 3.34. The number of benzene rings is 1. The number of likely N-dealkylation sites (tertiary alicyclic amines) is 1. The summed E-state index contributed by atoms with van der Waals surface area (Å²) < 4.78 is 0. The van der Waals surface area contributed by atoms with Crippen LogP contribution >= 0.6 is 11.6 Å². The number of Topliss-reactive ketones (excluding diaryl/α,β-unsaturated/α-hetero) is 1. The molecule has 86 valence electrons. The van der Waals surface area contributed by atoms with Crippen molar-refractivity contribution in [3.05, 3.63) is 34.9 Å². The molecule has 0 aliphatic carbocycles. The Labute approximate surface area is 101 Å². The highest BCUT2D eigenvalue weighted by Crippen LogP contribution is 2.21. The van der Waals surface area contributed by atoms with Gasteiger partial charge in [-0.15, -0.1) is 0 Å². The molecule has 3 heteroatoms. The van der Waals surface area contributed by atoms with E-state index in [0.717, 1.165) is 31.5 Å². The maximum absolute atomic E-state index is 12.2. The first-order chi connectivity index (χ1) is 7.66. The van der Waals surface area contributed by atoms with E-state index in [0.29, 0.717) is 5.02 Å². The first-order valence-corrected chi connectivity index (χ1v) is 6.03. The number of ketones is 1. The lowest BCUT2D eigenvalue weighted by Gasteiger charge is -2.28. The Morgan fingerprint density at radius 1 is 1.50 bits per heavy atom. The van der Waals surface area contributed by atoms with Gasteiger partial charge >= 0.3 is 0 Å². The summed E-state index contributed by atoms with van der Waals surface area (Å²) in [5, 5.41) is 0.634. The Morgan fingerprint density at radius 3 is 3.00 bits per heavy atom. The minimum absolute atomic E-state index is 0.136. The molecule has 2 rings (SSSR count). The second-order valence-corrected chi connectivity index (χ2v) is 4.91. The summed E-state index contributed by atoms with van der Waals surface area (Å²) >= 11 is 5.89. The van der Waals surface area contributed by atoms with Crippen LogP contribution in [0.5, 0.6) is 0 Å². The largest absolute Gasteiger partial charge is 0.306 e. The number of piperidine rings is 1. The minimum Gasteiger partial charge on any atom is -0.306 e. The third kappa shape index (κ3) is 2.63. The van der Waals surface area contributed by atoms with E-state index in [4.69, 9.17) is 11.6 Å². The van der Waals surface area contributed by atoms with Gasteiger partial charge in [-0.2, -0.15) is 0 Å². The van der Waals surface area contributed by atoms with Gasteiger partial charge in [0, 0.05) is 23.0 Å². The molecule has 1 aliphatic rings. The summed E-state index contributed by atoms with van der Waals surface area (Å²) in [4.78, 5) is 14.4. The third-order valence-electron chi connectivity index (χ3n) is 3.10. The molecule has 1 heterocycles. The summed E-state index contributed by atoms with van der Waals surface area (Å²) in [5.74, 6) is 0.367. The highest BCUT2D eigenvalue weighted by atomic mass is 35.5. The Hall–Kier alpha value is -0.860. The molecule has 0 radical (unpaired) electrons. The van der Waals surface area contributed by atoms with Crippen molar-refractivity contribution in [3.63, 3.8) is 0 Å². The number of rotatable bonds is 2. The van der Waals surface area contributed by atoms with Crippen molar-refractivity contribution < 1.29 is 4.79 Å². The predicted molar refractivity (Wildman–Crippen MR) is 66.0 cm³/mol. The van der Waals surface area contributed by atoms with Gasteiger partial charge in [0.15, 0.2) is 5.78 Å². The molecule has 0 amide bonds. The molecule has 0 spiro atoms. The van der Waals surface area contributed by atoms with Gasteiger partial charge in [0.25, 0.3) is 0 Å². The average Bonchev–Trinajstić information content (AvgIpc) is 2.28. The number of hydrogen-bond donors (Lipinski definition) is 0. The van der Waals surface area contributed by atoms with Crippen LogP contribution in [-0.4, -0.2) is 30.8 Å². The molecular formula is C13H16ClNO. The van der Waals surface area contributed by atoms with E-state index in [-0.39, 0.29) is 11.7 Å². The molecule has 1 atom stereocenters. The van der Waals surface area contributed by atoms with Crippen molar-refractivity contribution in [2.45, 2.75) is 12.8 Å². The van der Waals surface area contributed by atoms with Crippen molar-refractivity contribution in [1.29, 1.82) is 0 Å². The number of nitrogens with zero attached hydrogens (tertiary/aromatic N) is 1. The zero-order valence-corrected chi connectivity index (χ0v) is 10.2. The van der Waals surface area contributed by atoms with E-state index in [1.807, 2.05) is 12.1 Å². The van der Waals surface area contributed by atoms with Crippen molar-refractivity contribution in [3.8, 4) is 0 Å². The SMILES string of the molecule is CN1CCC[C@@H](C(=O)c2cccc(Cl)c2)C1. The van der Waals surface area contributed by atoms with Crippen molar-refractivity contribution in [2.24, 2.45) is 5.92 Å². The van der Waals surface area contributed by atoms with Crippen molar-refractivity contribution in [2.75, 3.05) is 20.1 Å². The van der Waals surface area contributed by atoms with Crippen LogP contribution in [-0.2, 0) is 0 Å². The van der Waals surface area contributed by atoms with Crippen LogP contribution in [0.4, 0.5) is 0 Å². The summed E-state index contributed by atoms with van der Waals surface area (Å²) in [6.45, 7) is 1.96. The van der Waals surface area contributed by atoms with Gasteiger partial charge in [-0.3, -0.25) is 4.79 Å². The fraction of sp³-hybridized carbons (Fsp3) is 0.462. The molecule has 1 aromatic rings. The van der Waals surface area contributed by atoms with Crippen LogP contribution in [0, 0.1) is 5.92 Å². The number of carbonyl (C=O) groups is 1. The molecule has 0 bridgehead atoms. The Kier molecular flexibility index (Phi) is 3.62. The van der Waals surface area contributed by atoms with Crippen LogP contribution in [0.15, 0.2) is 24.3 Å². The number of hydrogen-bond acceptors (Lipinski definition) is 2. The summed E-state index contributed by atoms with van der Waals surface area (Å²) in [5.41, 5.74) is 0.743. The molecule has 1 saturated heterocycles. The first-order valence-electron chi connectivity index (χ1n) is 5.65. The fourth-order valence-electron chi connectivity index (χ4n) is 2.26. The van der Waals surface area contributed by atoms with Crippen LogP contribution in [0.2, 0.25) is 5.02 Å². The second kappa shape index (κ2) is 4.98. The smallest absolute Gasteiger partial charge is 0.167 e. The van der Waals surface area contributed by atoms with Crippen LogP contribution in [0.3, 0.4) is 0 Å². The van der Waals surface area contributed by atoms with Gasteiger partial charge in [-0.25, -0.2) is 0 Å². The van der Waals surface area contributed by atoms with E-state index in [1.54, 1.807) is 12.1 Å². The summed E-state index contributed by atoms with van der Waals surface area (Å²) in [7, 11) is 2.07. The summed E-state index contributed by atoms with van der Waals surface area (Å²) in [6.07, 6.45) is 2.10. The Bertz CT molecular complexity index is 391. The van der Waals surface area contributed by atoms with Gasteiger partial charge in [0.05, 0.1) is 0 Å². The van der Waals surface area contributed by atoms with E-state index in [9.17, 15) is 4.79 Å². The Balaban J connectivity index is 2.12. The summed E-state index contributed by atoms with van der Waals surface area (Å²) in [6, 6.07) is 7.24. The van der Waals surface area contributed by atoms with Gasteiger partial charge in [0.1, 0.15) is 0 Å². The zero-order valence-electron chi connectivity index (χ0n) is 9.45. The first kappa shape index (κ1) is 11.6. The van der Waals surface area contributed by atoms with E-state index >= 15 is 0 Å². The van der Waals surface area contributed by atoms with Crippen LogP contribution < -0.4 is 0 Å². The van der Waals surface area contributed by atoms with Gasteiger partial charge in [0.2, 0.25) is 0 Å². The lowest BCUT2D eigenvalue weighted by Crippen LogP contribution is -2.36. The fourth-order valence-corrected chi connectivity index (χ4v) is 2.45. The zero-order chi connectivity index (χ0) is 11.5. The van der Waals surface area contributed by atoms with E-state index < -0.39 is 0 Å². The van der Waals surface area contributed by atoms with Gasteiger partial charge in [-0.1, -0.05) is 23.7 Å². The predicted octanol–water partition coefficient (Wildman–Crippen LogP) is 2.86. The Morgan fingerprint density at radius 2 is 2.31 bits per heavy atom. The quantitative estimate of drug-likeness (QED) is 0.738. The lowest BCUT2D eigenvalue weighted by atomic mass is 9.90. The standard InChI is InChI=1S/C13H16ClNO/c1-15-7-3-5-11(9-15)13(16)10-4-2-6-12(14)8-10/h2,4,6,8,11H,3,5,7,9H2,1H3/t11-/m1/s1. The van der Waals surface area contributed by atoms with Crippen molar-refractivity contribution in [1.82, 2.24) is 4.90 Å². The minimum atomic E-state index is 0.136. The molecule has 1 aromatic carbocycles. The molecule has 2 nitrogen and oxygen atoms in total. The molecule has 1 fully saturated rings. The lowest BCUT2D eigenvalue weighted by molar-refractivity contribution is 0.0843. The number of carbonyl (C=O) groups excluding carboxylic acids is 1. The maximum Gasteiger partial charge on any atom is 0.167 e. The molecule has 1 aliphatic heterocycles. The molecule has 16 heavy (non-hydrogen) atoms. The van der Waals surface area contributed by atoms with E-state index in [1.165, 1.54) is 0 Å². The highest BCUT2D eigenvalue weighted by molar-refractivity contribution is 6.31. The average molecular weight is 238 g/mol. The normalized spacial score (nSPS) is 22.0. The van der Waals surface area contributed by atoms with Gasteiger partial charge < -0.3 is 4.90 Å². The second-order valence-electron chi connectivity index (χ2n) is 4.48. The van der Waals surface area contributed by atoms with Gasteiger partial charge in [-0.05, 0) is 38.6 Å². The van der Waals surface area contributed by atoms with Crippen LogP contribution in [0.1, 0.15) is 23.2 Å². The van der Waals surface area contributed by atoms with Crippen LogP contribution in [0.25, 0.3) is 0 Å². The topological polar surface area (TPSA) is 20.3 Å². The molecule has 0 unspecified atom stereocenters. The highest BCUT2D eigenvalue weighted by Gasteiger charge is 2.24. The maximum atomic E-state index is 12.2. The molecular weight excluding hydrogens is 222 g/mol. The monoisotopic (exact) mass is 237 g/mol. The molecule has 0 saturated carbocycles. The molecule has 0 aromatic heterocycles. The van der Waals surface area contributed by atoms with Crippen molar-refractivity contribution >= 4 is 17.4 Å². The number of halogens is 1.